The maximum atomic E-state index is 10.3. The molecule has 2 N–H and O–H groups in total. The number of aliphatic hydroxyl groups excluding tert-OH is 2. The number of hydrogen-bond donors (Lipinski definition) is 2. The van der Waals surface area contributed by atoms with Gasteiger partial charge in [-0.25, -0.2) is 0 Å². The molecule has 14 heavy (non-hydrogen) atoms. The third-order valence-corrected chi connectivity index (χ3v) is 2.11. The van der Waals surface area contributed by atoms with Crippen molar-refractivity contribution < 1.29 is 15.1 Å². The van der Waals surface area contributed by atoms with E-state index in [1.807, 2.05) is 0 Å². The minimum atomic E-state index is -0.420. The SMILES string of the molecule is O=[N+]([O-])CC1=CC(CO)CC(CO)=C1. The molecule has 5 heteroatoms. The van der Waals surface area contributed by atoms with Crippen molar-refractivity contribution in [1.82, 2.24) is 0 Å². The quantitative estimate of drug-likeness (QED) is 0.497. The normalized spacial score (nSPS) is 21.4. The number of aliphatic hydroxyl groups is 2. The molecule has 0 radical (unpaired) electrons. The number of hydrogen-bond acceptors (Lipinski definition) is 4. The van der Waals surface area contributed by atoms with Crippen LogP contribution in [0.15, 0.2) is 23.3 Å². The summed E-state index contributed by atoms with van der Waals surface area (Å²) < 4.78 is 0. The maximum absolute atomic E-state index is 10.3. The van der Waals surface area contributed by atoms with E-state index in [0.717, 1.165) is 5.57 Å². The van der Waals surface area contributed by atoms with Gasteiger partial charge in [0.05, 0.1) is 6.61 Å². The highest BCUT2D eigenvalue weighted by molar-refractivity contribution is 5.30. The molecule has 0 bridgehead atoms. The van der Waals surface area contributed by atoms with Crippen LogP contribution in [0.25, 0.3) is 0 Å². The summed E-state index contributed by atoms with van der Waals surface area (Å²) >= 11 is 0. The van der Waals surface area contributed by atoms with Gasteiger partial charge in [-0.1, -0.05) is 12.2 Å². The van der Waals surface area contributed by atoms with Gasteiger partial charge in [-0.05, 0) is 12.0 Å². The van der Waals surface area contributed by atoms with E-state index in [1.54, 1.807) is 12.2 Å². The van der Waals surface area contributed by atoms with Crippen LogP contribution in [-0.4, -0.2) is 34.9 Å². The Kier molecular flexibility index (Phi) is 3.79. The second-order valence-corrected chi connectivity index (χ2v) is 3.34. The van der Waals surface area contributed by atoms with Crippen molar-refractivity contribution in [1.29, 1.82) is 0 Å². The van der Waals surface area contributed by atoms with Crippen molar-refractivity contribution in [2.45, 2.75) is 6.42 Å². The maximum Gasteiger partial charge on any atom is 0.228 e. The van der Waals surface area contributed by atoms with Crippen molar-refractivity contribution in [3.63, 3.8) is 0 Å². The first-order valence-electron chi connectivity index (χ1n) is 4.39. The summed E-state index contributed by atoms with van der Waals surface area (Å²) in [6, 6.07) is 0. The van der Waals surface area contributed by atoms with Gasteiger partial charge in [0, 0.05) is 23.0 Å². The fourth-order valence-corrected chi connectivity index (χ4v) is 1.54. The Morgan fingerprint density at radius 3 is 2.79 bits per heavy atom. The second-order valence-electron chi connectivity index (χ2n) is 3.34. The van der Waals surface area contributed by atoms with Gasteiger partial charge in [0.2, 0.25) is 6.54 Å². The van der Waals surface area contributed by atoms with Crippen molar-refractivity contribution in [3.05, 3.63) is 33.4 Å². The highest BCUT2D eigenvalue weighted by Crippen LogP contribution is 2.22. The van der Waals surface area contributed by atoms with Gasteiger partial charge < -0.3 is 10.2 Å². The molecule has 1 atom stereocenters. The highest BCUT2D eigenvalue weighted by Gasteiger charge is 2.16. The fraction of sp³-hybridized carbons (Fsp3) is 0.556. The van der Waals surface area contributed by atoms with Crippen LogP contribution in [0.3, 0.4) is 0 Å². The largest absolute Gasteiger partial charge is 0.396 e. The smallest absolute Gasteiger partial charge is 0.228 e. The summed E-state index contributed by atoms with van der Waals surface area (Å²) in [6.07, 6.45) is 3.91. The molecule has 0 aliphatic heterocycles. The molecule has 1 aliphatic carbocycles. The zero-order chi connectivity index (χ0) is 10.6. The van der Waals surface area contributed by atoms with E-state index in [1.165, 1.54) is 0 Å². The van der Waals surface area contributed by atoms with Crippen LogP contribution in [0.1, 0.15) is 6.42 Å². The molecule has 0 aromatic heterocycles. The predicted molar refractivity (Wildman–Crippen MR) is 50.3 cm³/mol. The van der Waals surface area contributed by atoms with Gasteiger partial charge in [-0.3, -0.25) is 10.1 Å². The van der Waals surface area contributed by atoms with Crippen LogP contribution in [0.2, 0.25) is 0 Å². The van der Waals surface area contributed by atoms with E-state index in [0.29, 0.717) is 12.0 Å². The van der Waals surface area contributed by atoms with Gasteiger partial charge in [0.25, 0.3) is 0 Å². The molecule has 0 aromatic carbocycles. The van der Waals surface area contributed by atoms with Crippen LogP contribution in [0.5, 0.6) is 0 Å². The molecule has 1 aliphatic rings. The lowest BCUT2D eigenvalue weighted by atomic mass is 9.91. The molecule has 1 rings (SSSR count). The van der Waals surface area contributed by atoms with Crippen LogP contribution >= 0.6 is 0 Å². The monoisotopic (exact) mass is 199 g/mol. The van der Waals surface area contributed by atoms with E-state index >= 15 is 0 Å². The van der Waals surface area contributed by atoms with Gasteiger partial charge in [-0.2, -0.15) is 0 Å². The second kappa shape index (κ2) is 4.88. The number of nitrogens with zero attached hydrogens (tertiary/aromatic N) is 1. The van der Waals surface area contributed by atoms with E-state index in [4.69, 9.17) is 10.2 Å². The molecule has 0 aromatic rings. The van der Waals surface area contributed by atoms with Gasteiger partial charge in [0.1, 0.15) is 0 Å². The minimum Gasteiger partial charge on any atom is -0.396 e. The van der Waals surface area contributed by atoms with Crippen molar-refractivity contribution in [2.75, 3.05) is 19.8 Å². The Morgan fingerprint density at radius 1 is 1.57 bits per heavy atom. The van der Waals surface area contributed by atoms with Gasteiger partial charge in [0.15, 0.2) is 0 Å². The van der Waals surface area contributed by atoms with Crippen molar-refractivity contribution in [2.24, 2.45) is 5.92 Å². The third-order valence-electron chi connectivity index (χ3n) is 2.11. The summed E-state index contributed by atoms with van der Waals surface area (Å²) in [7, 11) is 0. The molecule has 0 amide bonds. The molecule has 5 nitrogen and oxygen atoms in total. The van der Waals surface area contributed by atoms with Crippen LogP contribution < -0.4 is 0 Å². The molecule has 0 saturated carbocycles. The average molecular weight is 199 g/mol. The fourth-order valence-electron chi connectivity index (χ4n) is 1.54. The van der Waals surface area contributed by atoms with Crippen LogP contribution in [-0.2, 0) is 0 Å². The highest BCUT2D eigenvalue weighted by atomic mass is 16.6. The molecule has 1 unspecified atom stereocenters. The Bertz CT molecular complexity index is 283. The summed E-state index contributed by atoms with van der Waals surface area (Å²) in [5, 5.41) is 28.1. The first kappa shape index (κ1) is 10.9. The predicted octanol–water partition coefficient (Wildman–Crippen LogP) is 0.120. The zero-order valence-corrected chi connectivity index (χ0v) is 7.72. The molecule has 0 saturated heterocycles. The van der Waals surface area contributed by atoms with E-state index < -0.39 is 4.92 Å². The van der Waals surface area contributed by atoms with Crippen molar-refractivity contribution in [3.8, 4) is 0 Å². The molecule has 78 valence electrons. The summed E-state index contributed by atoms with van der Waals surface area (Å²) in [5.41, 5.74) is 1.30. The van der Waals surface area contributed by atoms with E-state index in [2.05, 4.69) is 0 Å². The summed E-state index contributed by atoms with van der Waals surface area (Å²) in [5.74, 6) is -0.0999. The lowest BCUT2D eigenvalue weighted by molar-refractivity contribution is -0.470. The average Bonchev–Trinajstić information content (AvgIpc) is 2.16. The molecule has 0 fully saturated rings. The van der Waals surface area contributed by atoms with Crippen molar-refractivity contribution >= 4 is 0 Å². The molecule has 0 heterocycles. The third kappa shape index (κ3) is 2.93. The summed E-state index contributed by atoms with van der Waals surface area (Å²) in [4.78, 5) is 9.85. The van der Waals surface area contributed by atoms with Gasteiger partial charge in [-0.15, -0.1) is 0 Å². The Balaban J connectivity index is 2.74. The zero-order valence-electron chi connectivity index (χ0n) is 7.72. The number of nitro groups is 1. The summed E-state index contributed by atoms with van der Waals surface area (Å²) in [6.45, 7) is -0.399. The Labute approximate surface area is 81.5 Å². The Morgan fingerprint density at radius 2 is 2.29 bits per heavy atom. The first-order valence-corrected chi connectivity index (χ1v) is 4.39. The number of rotatable bonds is 4. The Hall–Kier alpha value is -1.20. The van der Waals surface area contributed by atoms with Gasteiger partial charge >= 0.3 is 0 Å². The van der Waals surface area contributed by atoms with Crippen LogP contribution in [0.4, 0.5) is 0 Å². The molecular formula is C9H13NO4. The molecule has 0 spiro atoms. The first-order chi connectivity index (χ1) is 6.65. The van der Waals surface area contributed by atoms with E-state index in [9.17, 15) is 10.1 Å². The topological polar surface area (TPSA) is 83.6 Å². The lowest BCUT2D eigenvalue weighted by Gasteiger charge is -2.17. The minimum absolute atomic E-state index is 0.0431. The lowest BCUT2D eigenvalue weighted by Crippen LogP contribution is -2.14. The van der Waals surface area contributed by atoms with E-state index in [-0.39, 0.29) is 25.7 Å². The standard InChI is InChI=1S/C9H13NO4/c11-5-8-1-7(4-10(13)14)2-9(3-8)6-12/h1-2,8,11-12H,3-6H2. The van der Waals surface area contributed by atoms with Crippen LogP contribution in [0, 0.1) is 16.0 Å². The molecular weight excluding hydrogens is 186 g/mol.